The monoisotopic (exact) mass is 348 g/mol. The minimum atomic E-state index is 0. The van der Waals surface area contributed by atoms with Crippen molar-refractivity contribution in [3.63, 3.8) is 0 Å². The third-order valence-corrected chi connectivity index (χ3v) is 0.697. The molecule has 0 radical (unpaired) electrons. The Kier molecular flexibility index (Phi) is 33.2. The Hall–Kier alpha value is -1.08. The first kappa shape index (κ1) is 15.8. The summed E-state index contributed by atoms with van der Waals surface area (Å²) in [5.41, 5.74) is 0. The van der Waals surface area contributed by atoms with Gasteiger partial charge in [0.2, 0.25) is 0 Å². The van der Waals surface area contributed by atoms with Crippen molar-refractivity contribution >= 4 is 0 Å². The van der Waals surface area contributed by atoms with Crippen LogP contribution in [-0.4, -0.2) is 10.5 Å². The zero-order valence-corrected chi connectivity index (χ0v) is 8.18. The van der Waals surface area contributed by atoms with Crippen molar-refractivity contribution in [2.24, 2.45) is 5.92 Å². The summed E-state index contributed by atoms with van der Waals surface area (Å²) in [5, 5.41) is 12.0. The van der Waals surface area contributed by atoms with Crippen LogP contribution in [0.5, 0.6) is 0 Å². The van der Waals surface area contributed by atoms with E-state index in [0.717, 1.165) is 0 Å². The summed E-state index contributed by atoms with van der Waals surface area (Å²) in [6, 6.07) is 0. The summed E-state index contributed by atoms with van der Waals surface area (Å²) >= 11 is 0. The van der Waals surface area contributed by atoms with Crippen molar-refractivity contribution in [3.8, 4) is 0 Å². The molecule has 0 bridgehead atoms. The van der Waals surface area contributed by atoms with Gasteiger partial charge in [0.1, 0.15) is 0 Å². The van der Waals surface area contributed by atoms with E-state index in [-0.39, 0.29) is 0 Å². The summed E-state index contributed by atoms with van der Waals surface area (Å²) in [7, 11) is 0. The van der Waals surface area contributed by atoms with Gasteiger partial charge in [0.15, 0.2) is 0 Å². The fourth-order valence-corrected chi connectivity index (χ4v) is 0. The Bertz CT molecular complexity index is 24.4. The maximum atomic E-state index is 6.00. The first-order chi connectivity index (χ1) is 3.27. The molecule has 0 amide bonds. The average molecular weight is 352 g/mol. The number of rotatable bonds is 1. The fourth-order valence-electron chi connectivity index (χ4n) is 0. The zero-order valence-electron chi connectivity index (χ0n) is 5.24. The largest absolute Gasteiger partial charge is 0.341 e. The molecule has 0 saturated heterocycles. The van der Waals surface area contributed by atoms with Crippen LogP contribution in [0.1, 0.15) is 20.3 Å². The molecule has 0 aliphatic heterocycles. The van der Waals surface area contributed by atoms with Crippen molar-refractivity contribution in [2.45, 2.75) is 20.3 Å². The van der Waals surface area contributed by atoms with Gasteiger partial charge >= 0.3 is 0 Å². The molecule has 0 rings (SSSR count). The normalized spacial score (nSPS) is 10.1. The Morgan fingerprint density at radius 1 is 1.50 bits per heavy atom. The Balaban J connectivity index is -0.0000000750. The predicted octanol–water partition coefficient (Wildman–Crippen LogP) is 1.88. The zero-order chi connectivity index (χ0) is 6.28. The van der Waals surface area contributed by atoms with Crippen LogP contribution in [0.15, 0.2) is 0 Å². The maximum absolute atomic E-state index is 6.00. The molecule has 2 nitrogen and oxygen atoms in total. The van der Waals surface area contributed by atoms with Gasteiger partial charge in [-0.3, -0.25) is 10.5 Å². The van der Waals surface area contributed by atoms with E-state index in [1.165, 1.54) is 6.42 Å². The van der Waals surface area contributed by atoms with E-state index >= 15 is 0 Å². The summed E-state index contributed by atoms with van der Waals surface area (Å²) in [6.45, 7) is 8.00. The van der Waals surface area contributed by atoms with E-state index < -0.39 is 0 Å². The molecule has 0 spiro atoms. The molecule has 0 aromatic heterocycles. The molecule has 0 aliphatic rings. The molecule has 3 heteroatoms. The molecular weight excluding hydrogens is 339 g/mol. The van der Waals surface area contributed by atoms with Crippen LogP contribution in [-0.2, 0) is 0 Å². The fraction of sp³-hybridized carbons (Fsp3) is 0.800. The third-order valence-electron chi connectivity index (χ3n) is 0.697. The SMILES string of the molecule is OO.[CH2-]C(C)CC.[Cm]. The van der Waals surface area contributed by atoms with Crippen molar-refractivity contribution in [1.29, 1.82) is 0 Å². The van der Waals surface area contributed by atoms with E-state index in [1.807, 2.05) is 0 Å². The smallest absolute Gasteiger partial charge is 0 e. The van der Waals surface area contributed by atoms with Crippen LogP contribution in [0.2, 0.25) is 0 Å². The van der Waals surface area contributed by atoms with Crippen molar-refractivity contribution in [2.75, 3.05) is 0 Å². The minimum Gasteiger partial charge on any atom is -0.341 e. The van der Waals surface area contributed by atoms with Crippen molar-refractivity contribution < 1.29 is 10.5 Å². The van der Waals surface area contributed by atoms with Crippen LogP contribution in [0.3, 0.4) is 0 Å². The van der Waals surface area contributed by atoms with E-state index in [4.69, 9.17) is 10.5 Å². The molecule has 0 aliphatic carbocycles. The van der Waals surface area contributed by atoms with Crippen LogP contribution in [0.25, 0.3) is 0 Å². The summed E-state index contributed by atoms with van der Waals surface area (Å²) in [4.78, 5) is 0. The molecule has 0 aromatic rings. The van der Waals surface area contributed by atoms with Gasteiger partial charge in [-0.25, -0.2) is 0 Å². The van der Waals surface area contributed by atoms with E-state index in [9.17, 15) is 0 Å². The van der Waals surface area contributed by atoms with Gasteiger partial charge in [-0.2, -0.15) is 5.92 Å². The average Bonchev–Trinajstić information content (AvgIpc) is 1.73. The van der Waals surface area contributed by atoms with Gasteiger partial charge in [-0.1, -0.05) is 20.3 Å². The van der Waals surface area contributed by atoms with Crippen LogP contribution >= 0.6 is 0 Å². The quantitative estimate of drug-likeness (QED) is 0.430. The van der Waals surface area contributed by atoms with Crippen LogP contribution in [0, 0.1) is 12.8 Å². The molecule has 2 N–H and O–H groups in total. The first-order valence-corrected chi connectivity index (χ1v) is 2.30. The molecule has 1 atom stereocenters. The minimum absolute atomic E-state index is 0. The van der Waals surface area contributed by atoms with Crippen molar-refractivity contribution in [1.82, 2.24) is 0 Å². The number of hydrogen-bond donors (Lipinski definition) is 2. The van der Waals surface area contributed by atoms with Gasteiger partial charge in [0.25, 0.3) is 0 Å². The Labute approximate surface area is 44.7 Å². The molecule has 54 valence electrons. The molecule has 8 heavy (non-hydrogen) atoms. The van der Waals surface area contributed by atoms with Gasteiger partial charge < -0.3 is 6.92 Å². The number of hydrogen-bond acceptors (Lipinski definition) is 2. The molecule has 0 fully saturated rings. The summed E-state index contributed by atoms with van der Waals surface area (Å²) in [5.74, 6) is 0.634. The first-order valence-electron chi connectivity index (χ1n) is 2.30. The van der Waals surface area contributed by atoms with Gasteiger partial charge in [0, 0.05) is 0 Å². The molecule has 0 saturated carbocycles. The molecule has 1 unspecified atom stereocenters. The second-order valence-electron chi connectivity index (χ2n) is 1.51. The predicted molar refractivity (Wildman–Crippen MR) is 30.1 cm³/mol. The summed E-state index contributed by atoms with van der Waals surface area (Å²) < 4.78 is 0. The third kappa shape index (κ3) is 89.3. The van der Waals surface area contributed by atoms with Crippen molar-refractivity contribution in [3.05, 3.63) is 6.92 Å². The van der Waals surface area contributed by atoms with Gasteiger partial charge in [-0.05, 0) is 0 Å². The Morgan fingerprint density at radius 3 is 1.62 bits per heavy atom. The topological polar surface area (TPSA) is 40.5 Å². The summed E-state index contributed by atoms with van der Waals surface area (Å²) in [6.07, 6.45) is 1.19. The van der Waals surface area contributed by atoms with Gasteiger partial charge in [-0.15, -0.1) is 0 Å². The second-order valence-corrected chi connectivity index (χ2v) is 1.51. The second kappa shape index (κ2) is 16.8. The van der Waals surface area contributed by atoms with Crippen LogP contribution < -0.4 is 0 Å². The standard InChI is InChI=1S/C5H11.Cm.H2O2/c1-4-5(2)3;;1-2/h5H,2,4H2,1,3H3;;1-2H/q-1;;. The maximum Gasteiger partial charge on any atom is 0 e. The van der Waals surface area contributed by atoms with Gasteiger partial charge in [0.05, 0.1) is 0 Å². The molecule has 0 heterocycles. The van der Waals surface area contributed by atoms with Crippen LogP contribution in [0.4, 0.5) is 0 Å². The molecule has 0 aromatic carbocycles. The Morgan fingerprint density at radius 2 is 1.62 bits per heavy atom. The van der Waals surface area contributed by atoms with E-state index in [1.54, 1.807) is 0 Å². The molecular formula is C5H13CmO2-. The van der Waals surface area contributed by atoms with E-state index in [2.05, 4.69) is 20.8 Å². The van der Waals surface area contributed by atoms with E-state index in [0.29, 0.717) is 5.92 Å².